The maximum Gasteiger partial charge on any atom is 0.266 e. The standard InChI is InChI=1S/C89H54N2O8/c1-2-47-97-67-41-35-65(36-42-67)91-85(94)77-46-44-71(53-79(77)87(91)96)99-69-40-26-57-49-63(32-24-59(57)51-69)89(82-17-9-5-13-74(82)75-14-6-10-18-83(75)89)61-29-21-55(22-30-61)54-19-27-60(28-20-54)88(80-15-7-3-11-72(80)73-12-4-8-16-81(73)88)62-31-23-58-50-68(39-25-56(58)48-62)98-70-43-45-76-78(52-70)86(95)90(84(76)93)64-33-37-66(92)38-34-64/h1,3-46,48-53,92H,47H2. The number of carbonyl (C=O) groups excluding carboxylic acids is 4. The van der Waals surface area contributed by atoms with E-state index >= 15 is 0 Å². The van der Waals surface area contributed by atoms with Crippen molar-refractivity contribution in [2.75, 3.05) is 16.4 Å². The first-order chi connectivity index (χ1) is 48.5. The lowest BCUT2D eigenvalue weighted by molar-refractivity contribution is 0.0910. The molecular weight excluding hydrogens is 1220 g/mol. The number of hydrogen-bond acceptors (Lipinski definition) is 8. The van der Waals surface area contributed by atoms with Gasteiger partial charge in [-0.1, -0.05) is 188 Å². The van der Waals surface area contributed by atoms with Crippen LogP contribution in [-0.4, -0.2) is 35.3 Å². The van der Waals surface area contributed by atoms with Crippen LogP contribution in [-0.2, 0) is 10.8 Å². The van der Waals surface area contributed by atoms with Gasteiger partial charge in [-0.05, 0) is 221 Å². The van der Waals surface area contributed by atoms with Crippen molar-refractivity contribution < 1.29 is 38.5 Å². The Kier molecular flexibility index (Phi) is 13.3. The van der Waals surface area contributed by atoms with Gasteiger partial charge in [0.1, 0.15) is 41.1 Å². The van der Waals surface area contributed by atoms with E-state index in [9.17, 15) is 24.3 Å². The van der Waals surface area contributed by atoms with Crippen LogP contribution >= 0.6 is 0 Å². The van der Waals surface area contributed by atoms with Crippen LogP contribution in [0.25, 0.3) is 54.9 Å². The number of amides is 4. The van der Waals surface area contributed by atoms with Gasteiger partial charge in [-0.3, -0.25) is 19.2 Å². The number of anilines is 2. The molecule has 0 spiro atoms. The van der Waals surface area contributed by atoms with Crippen LogP contribution in [0.15, 0.2) is 303 Å². The van der Waals surface area contributed by atoms with Crippen molar-refractivity contribution in [1.82, 2.24) is 0 Å². The second-order valence-electron chi connectivity index (χ2n) is 25.3. The fraction of sp³-hybridized carbons (Fsp3) is 0.0337. The van der Waals surface area contributed by atoms with Gasteiger partial charge in [0, 0.05) is 0 Å². The summed E-state index contributed by atoms with van der Waals surface area (Å²) >= 11 is 0. The monoisotopic (exact) mass is 1280 g/mol. The number of terminal acetylenes is 1. The quantitative estimate of drug-likeness (QED) is 0.0894. The van der Waals surface area contributed by atoms with Crippen molar-refractivity contribution in [3.8, 4) is 80.2 Å². The van der Waals surface area contributed by atoms with Gasteiger partial charge in [-0.15, -0.1) is 6.42 Å². The summed E-state index contributed by atoms with van der Waals surface area (Å²) < 4.78 is 18.4. The zero-order valence-electron chi connectivity index (χ0n) is 52.9. The SMILES string of the molecule is C#CCOc1ccc(N2C(=O)c3ccc(Oc4ccc5cc(C6(c7ccc(-c8ccc(C9(c%10ccc%11cc(Oc%12ccc%13c(c%12)C(=O)N(c%12ccc(O)cc%12)C%13=O)ccc%11c%10)c%10ccccc%10-c%10ccccc%109)cc8)cc7)c7ccccc7-c7ccccc76)ccc5c4)cc3C2=O)cc1. The summed E-state index contributed by atoms with van der Waals surface area (Å²) in [5.74, 6) is 3.29. The van der Waals surface area contributed by atoms with E-state index in [1.807, 2.05) is 24.3 Å². The third-order valence-electron chi connectivity index (χ3n) is 20.1. The molecule has 0 radical (unpaired) electrons. The maximum absolute atomic E-state index is 13.8. The number of rotatable bonds is 13. The van der Waals surface area contributed by atoms with E-state index in [0.717, 1.165) is 64.7 Å². The molecule has 1 N–H and O–H groups in total. The first-order valence-corrected chi connectivity index (χ1v) is 32.6. The Morgan fingerprint density at radius 1 is 0.313 bits per heavy atom. The summed E-state index contributed by atoms with van der Waals surface area (Å²) in [6.07, 6.45) is 5.35. The van der Waals surface area contributed by atoms with Crippen LogP contribution < -0.4 is 24.0 Å². The van der Waals surface area contributed by atoms with Crippen LogP contribution in [0.2, 0.25) is 0 Å². The van der Waals surface area contributed by atoms with Crippen LogP contribution in [0, 0.1) is 12.3 Å². The second kappa shape index (κ2) is 22.7. The van der Waals surface area contributed by atoms with Crippen molar-refractivity contribution in [3.63, 3.8) is 0 Å². The normalized spacial score (nSPS) is 14.1. The second-order valence-corrected chi connectivity index (χ2v) is 25.3. The number of carbonyl (C=O) groups is 4. The molecule has 0 saturated heterocycles. The number of aromatic hydroxyl groups is 1. The lowest BCUT2D eigenvalue weighted by atomic mass is 9.67. The summed E-state index contributed by atoms with van der Waals surface area (Å²) in [6.45, 7) is 0.106. The van der Waals surface area contributed by atoms with Gasteiger partial charge in [-0.2, -0.15) is 0 Å². The van der Waals surface area contributed by atoms with Crippen LogP contribution in [0.5, 0.6) is 34.5 Å². The van der Waals surface area contributed by atoms with E-state index < -0.39 is 34.5 Å². The van der Waals surface area contributed by atoms with E-state index in [1.165, 1.54) is 56.6 Å². The molecule has 0 aromatic heterocycles. The Balaban J connectivity index is 0.652. The molecule has 0 fully saturated rings. The largest absolute Gasteiger partial charge is 0.508 e. The molecule has 10 heteroatoms. The third-order valence-corrected chi connectivity index (χ3v) is 20.1. The predicted molar refractivity (Wildman–Crippen MR) is 386 cm³/mol. The predicted octanol–water partition coefficient (Wildman–Crippen LogP) is 19.3. The summed E-state index contributed by atoms with van der Waals surface area (Å²) in [4.78, 5) is 56.7. The minimum atomic E-state index is -0.671. The van der Waals surface area contributed by atoms with Gasteiger partial charge in [0.2, 0.25) is 0 Å². The van der Waals surface area contributed by atoms with Crippen molar-refractivity contribution in [2.45, 2.75) is 10.8 Å². The molecule has 2 aliphatic heterocycles. The van der Waals surface area contributed by atoms with E-state index in [2.05, 4.69) is 200 Å². The number of ether oxygens (including phenoxy) is 3. The molecule has 18 rings (SSSR count). The molecule has 14 aromatic carbocycles. The average Bonchev–Trinajstić information content (AvgIpc) is 1.57. The fourth-order valence-electron chi connectivity index (χ4n) is 15.6. The van der Waals surface area contributed by atoms with Crippen molar-refractivity contribution >= 4 is 56.5 Å². The van der Waals surface area contributed by atoms with E-state index in [-0.39, 0.29) is 29.0 Å². The summed E-state index contributed by atoms with van der Waals surface area (Å²) in [6, 6.07) is 101. The molecule has 468 valence electrons. The number of nitrogens with zero attached hydrogens (tertiary/aromatic N) is 2. The average molecular weight is 1280 g/mol. The van der Waals surface area contributed by atoms with Crippen LogP contribution in [0.3, 0.4) is 0 Å². The molecule has 14 aromatic rings. The Bertz CT molecular complexity index is 5720. The Hall–Kier alpha value is -13.4. The van der Waals surface area contributed by atoms with E-state index in [0.29, 0.717) is 45.7 Å². The van der Waals surface area contributed by atoms with Gasteiger partial charge in [-0.25, -0.2) is 9.80 Å². The number of fused-ring (bicyclic) bond motifs is 10. The molecule has 0 atom stereocenters. The third kappa shape index (κ3) is 9.06. The Morgan fingerprint density at radius 3 is 1.04 bits per heavy atom. The molecule has 10 nitrogen and oxygen atoms in total. The zero-order chi connectivity index (χ0) is 66.7. The Labute approximate surface area is 569 Å². The number of phenols is 1. The molecule has 99 heavy (non-hydrogen) atoms. The molecular formula is C89H54N2O8. The molecule has 2 heterocycles. The summed E-state index contributed by atoms with van der Waals surface area (Å²) in [5, 5.41) is 13.8. The van der Waals surface area contributed by atoms with Gasteiger partial charge in [0.05, 0.1) is 44.5 Å². The van der Waals surface area contributed by atoms with Crippen LogP contribution in [0.4, 0.5) is 11.4 Å². The van der Waals surface area contributed by atoms with Gasteiger partial charge >= 0.3 is 0 Å². The number of imide groups is 2. The highest BCUT2D eigenvalue weighted by Gasteiger charge is 2.48. The molecule has 2 aliphatic carbocycles. The lowest BCUT2D eigenvalue weighted by Gasteiger charge is -2.34. The maximum atomic E-state index is 13.8. The van der Waals surface area contributed by atoms with E-state index in [1.54, 1.807) is 72.8 Å². The van der Waals surface area contributed by atoms with Gasteiger partial charge < -0.3 is 19.3 Å². The minimum absolute atomic E-state index is 0.0382. The number of hydrogen-bond donors (Lipinski definition) is 1. The van der Waals surface area contributed by atoms with Gasteiger partial charge in [0.15, 0.2) is 0 Å². The molecule has 4 aliphatic rings. The molecule has 0 saturated carbocycles. The van der Waals surface area contributed by atoms with Crippen molar-refractivity contribution in [3.05, 3.63) is 370 Å². The van der Waals surface area contributed by atoms with Crippen molar-refractivity contribution in [1.29, 1.82) is 0 Å². The number of phenolic OH excluding ortho intramolecular Hbond substituents is 1. The molecule has 4 amide bonds. The first kappa shape index (κ1) is 58.2. The van der Waals surface area contributed by atoms with E-state index in [4.69, 9.17) is 20.6 Å². The highest BCUT2D eigenvalue weighted by Crippen LogP contribution is 2.59. The van der Waals surface area contributed by atoms with Crippen molar-refractivity contribution in [2.24, 2.45) is 0 Å². The molecule has 0 unspecified atom stereocenters. The smallest absolute Gasteiger partial charge is 0.266 e. The number of benzene rings is 14. The van der Waals surface area contributed by atoms with Crippen LogP contribution in [0.1, 0.15) is 85.9 Å². The first-order valence-electron chi connectivity index (χ1n) is 32.6. The lowest BCUT2D eigenvalue weighted by Crippen LogP contribution is -2.29. The summed E-state index contributed by atoms with van der Waals surface area (Å²) in [5.41, 5.74) is 16.8. The Morgan fingerprint density at radius 2 is 0.636 bits per heavy atom. The highest BCUT2D eigenvalue weighted by atomic mass is 16.5. The highest BCUT2D eigenvalue weighted by molar-refractivity contribution is 6.35. The van der Waals surface area contributed by atoms with Gasteiger partial charge in [0.25, 0.3) is 23.6 Å². The minimum Gasteiger partial charge on any atom is -0.508 e. The topological polar surface area (TPSA) is 123 Å². The zero-order valence-corrected chi connectivity index (χ0v) is 52.9. The summed E-state index contributed by atoms with van der Waals surface area (Å²) in [7, 11) is 0. The fourth-order valence-corrected chi connectivity index (χ4v) is 15.6. The molecule has 0 bridgehead atoms.